The largest absolute Gasteiger partial charge is 0.340 e. The average Bonchev–Trinajstić information content (AvgIpc) is 2.95. The highest BCUT2D eigenvalue weighted by Gasteiger charge is 2.35. The van der Waals surface area contributed by atoms with E-state index in [1.165, 1.54) is 24.3 Å². The van der Waals surface area contributed by atoms with Crippen LogP contribution in [0.5, 0.6) is 0 Å². The smallest absolute Gasteiger partial charge is 0.319 e. The van der Waals surface area contributed by atoms with Crippen molar-refractivity contribution < 1.29 is 14.0 Å². The molecule has 2 fully saturated rings. The minimum Gasteiger partial charge on any atom is -0.340 e. The number of nitrogens with zero attached hydrogens (tertiary/aromatic N) is 1. The van der Waals surface area contributed by atoms with Gasteiger partial charge in [-0.2, -0.15) is 0 Å². The molecule has 2 aliphatic heterocycles. The minimum atomic E-state index is -0.346. The van der Waals surface area contributed by atoms with Gasteiger partial charge in [0, 0.05) is 30.7 Å². The number of likely N-dealkylation sites (tertiary alicyclic amines) is 1. The Labute approximate surface area is 152 Å². The summed E-state index contributed by atoms with van der Waals surface area (Å²) in [6, 6.07) is 5.21. The Bertz CT molecular complexity index is 609. The third-order valence-corrected chi connectivity index (χ3v) is 4.85. The molecule has 2 unspecified atom stereocenters. The first-order valence-corrected chi connectivity index (χ1v) is 8.35. The van der Waals surface area contributed by atoms with Gasteiger partial charge in [0.25, 0.3) is 0 Å². The maximum absolute atomic E-state index is 12.9. The molecule has 138 valence electrons. The van der Waals surface area contributed by atoms with E-state index in [-0.39, 0.29) is 42.1 Å². The fourth-order valence-corrected chi connectivity index (χ4v) is 3.12. The van der Waals surface area contributed by atoms with E-state index in [1.54, 1.807) is 0 Å². The van der Waals surface area contributed by atoms with Gasteiger partial charge < -0.3 is 20.9 Å². The van der Waals surface area contributed by atoms with Crippen LogP contribution in [0.15, 0.2) is 24.3 Å². The number of anilines is 1. The van der Waals surface area contributed by atoms with Crippen LogP contribution in [0.4, 0.5) is 14.9 Å². The lowest BCUT2D eigenvalue weighted by molar-refractivity contribution is -0.136. The number of carbonyl (C=O) groups excluding carboxylic acids is 2. The molecule has 0 aliphatic carbocycles. The summed E-state index contributed by atoms with van der Waals surface area (Å²) in [6.45, 7) is 5.01. The fourth-order valence-electron chi connectivity index (χ4n) is 3.12. The summed E-state index contributed by atoms with van der Waals surface area (Å²) in [6.07, 6.45) is 0.748. The Morgan fingerprint density at radius 1 is 1.28 bits per heavy atom. The number of hydrogen-bond acceptors (Lipinski definition) is 3. The van der Waals surface area contributed by atoms with Crippen molar-refractivity contribution in [2.75, 3.05) is 31.5 Å². The van der Waals surface area contributed by atoms with Crippen LogP contribution in [0.25, 0.3) is 0 Å². The summed E-state index contributed by atoms with van der Waals surface area (Å²) in [5.74, 6) is 0.274. The lowest BCUT2D eigenvalue weighted by Crippen LogP contribution is -2.50. The van der Waals surface area contributed by atoms with Gasteiger partial charge in [-0.1, -0.05) is 6.92 Å². The van der Waals surface area contributed by atoms with Crippen LogP contribution < -0.4 is 16.0 Å². The molecule has 3 rings (SSSR count). The van der Waals surface area contributed by atoms with Crippen molar-refractivity contribution in [3.8, 4) is 0 Å². The third kappa shape index (κ3) is 4.83. The second-order valence-electron chi connectivity index (χ2n) is 6.58. The standard InChI is InChI=1S/C17H23FN4O2.ClH/c1-11(12-8-19-9-12)16(23)22-7-6-15(10-22)21-17(24)20-14-4-2-13(18)3-5-14;/h2-5,11-12,15,19H,6-10H2,1H3,(H2,20,21,24);1H. The van der Waals surface area contributed by atoms with Crippen molar-refractivity contribution in [2.45, 2.75) is 19.4 Å². The van der Waals surface area contributed by atoms with Crippen LogP contribution in [-0.2, 0) is 4.79 Å². The SMILES string of the molecule is CC(C(=O)N1CCC(NC(=O)Nc2ccc(F)cc2)C1)C1CNC1.Cl. The van der Waals surface area contributed by atoms with Crippen molar-refractivity contribution in [3.05, 3.63) is 30.1 Å². The molecule has 0 saturated carbocycles. The van der Waals surface area contributed by atoms with Crippen molar-refractivity contribution in [1.82, 2.24) is 15.5 Å². The number of rotatable bonds is 4. The van der Waals surface area contributed by atoms with E-state index in [9.17, 15) is 14.0 Å². The molecule has 1 aromatic carbocycles. The van der Waals surface area contributed by atoms with Crippen LogP contribution in [-0.4, -0.2) is 49.1 Å². The predicted octanol–water partition coefficient (Wildman–Crippen LogP) is 1.83. The zero-order chi connectivity index (χ0) is 17.1. The van der Waals surface area contributed by atoms with Gasteiger partial charge in [0.1, 0.15) is 5.82 Å². The maximum Gasteiger partial charge on any atom is 0.319 e. The van der Waals surface area contributed by atoms with Crippen LogP contribution >= 0.6 is 12.4 Å². The number of urea groups is 1. The van der Waals surface area contributed by atoms with Crippen molar-refractivity contribution in [1.29, 1.82) is 0 Å². The fraction of sp³-hybridized carbons (Fsp3) is 0.529. The van der Waals surface area contributed by atoms with E-state index < -0.39 is 0 Å². The Morgan fingerprint density at radius 2 is 1.96 bits per heavy atom. The number of amides is 3. The normalized spacial score (nSPS) is 21.0. The number of hydrogen-bond donors (Lipinski definition) is 3. The lowest BCUT2D eigenvalue weighted by Gasteiger charge is -2.33. The first-order chi connectivity index (χ1) is 11.5. The van der Waals surface area contributed by atoms with E-state index in [2.05, 4.69) is 16.0 Å². The topological polar surface area (TPSA) is 73.5 Å². The van der Waals surface area contributed by atoms with Crippen molar-refractivity contribution in [3.63, 3.8) is 0 Å². The Morgan fingerprint density at radius 3 is 2.56 bits per heavy atom. The highest BCUT2D eigenvalue weighted by molar-refractivity contribution is 5.89. The zero-order valence-electron chi connectivity index (χ0n) is 14.1. The molecule has 2 heterocycles. The molecule has 6 nitrogen and oxygen atoms in total. The minimum absolute atomic E-state index is 0. The molecule has 0 bridgehead atoms. The second-order valence-corrected chi connectivity index (χ2v) is 6.58. The molecule has 0 spiro atoms. The molecule has 2 aliphatic rings. The molecule has 2 saturated heterocycles. The van der Waals surface area contributed by atoms with Gasteiger partial charge in [-0.15, -0.1) is 12.4 Å². The van der Waals surface area contributed by atoms with Crippen LogP contribution in [0, 0.1) is 17.7 Å². The van der Waals surface area contributed by atoms with Crippen molar-refractivity contribution >= 4 is 30.0 Å². The average molecular weight is 371 g/mol. The van der Waals surface area contributed by atoms with E-state index >= 15 is 0 Å². The first kappa shape index (κ1) is 19.5. The zero-order valence-corrected chi connectivity index (χ0v) is 14.9. The van der Waals surface area contributed by atoms with Crippen LogP contribution in [0.2, 0.25) is 0 Å². The molecule has 3 N–H and O–H groups in total. The summed E-state index contributed by atoms with van der Waals surface area (Å²) < 4.78 is 12.9. The molecule has 0 radical (unpaired) electrons. The molecule has 2 atom stereocenters. The van der Waals surface area contributed by atoms with Gasteiger partial charge in [0.05, 0.1) is 0 Å². The summed E-state index contributed by atoms with van der Waals surface area (Å²) in [4.78, 5) is 26.3. The molecule has 8 heteroatoms. The first-order valence-electron chi connectivity index (χ1n) is 8.35. The van der Waals surface area contributed by atoms with E-state index in [0.29, 0.717) is 24.7 Å². The number of benzene rings is 1. The van der Waals surface area contributed by atoms with Gasteiger partial charge in [-0.25, -0.2) is 9.18 Å². The van der Waals surface area contributed by atoms with Crippen molar-refractivity contribution in [2.24, 2.45) is 11.8 Å². The molecular weight excluding hydrogens is 347 g/mol. The Kier molecular flexibility index (Phi) is 6.61. The van der Waals surface area contributed by atoms with Gasteiger partial charge >= 0.3 is 6.03 Å². The highest BCUT2D eigenvalue weighted by Crippen LogP contribution is 2.21. The number of halogens is 2. The van der Waals surface area contributed by atoms with Gasteiger partial charge in [0.2, 0.25) is 5.91 Å². The molecule has 0 aromatic heterocycles. The van der Waals surface area contributed by atoms with Gasteiger partial charge in [-0.3, -0.25) is 4.79 Å². The summed E-state index contributed by atoms with van der Waals surface area (Å²) in [5, 5.41) is 8.73. The van der Waals surface area contributed by atoms with E-state index in [0.717, 1.165) is 19.5 Å². The highest BCUT2D eigenvalue weighted by atomic mass is 35.5. The summed E-state index contributed by atoms with van der Waals surface area (Å²) >= 11 is 0. The van der Waals surface area contributed by atoms with Gasteiger partial charge in [0.15, 0.2) is 0 Å². The quantitative estimate of drug-likeness (QED) is 0.757. The molecule has 3 amide bonds. The van der Waals surface area contributed by atoms with Gasteiger partial charge in [-0.05, 0) is 49.7 Å². The summed E-state index contributed by atoms with van der Waals surface area (Å²) in [7, 11) is 0. The Hall–Kier alpha value is -1.86. The lowest BCUT2D eigenvalue weighted by atomic mass is 9.88. The molecule has 1 aromatic rings. The molecular formula is C17H24ClFN4O2. The van der Waals surface area contributed by atoms with Crippen LogP contribution in [0.1, 0.15) is 13.3 Å². The third-order valence-electron chi connectivity index (χ3n) is 4.85. The number of carbonyl (C=O) groups is 2. The molecule has 25 heavy (non-hydrogen) atoms. The Balaban J connectivity index is 0.00000225. The maximum atomic E-state index is 12.9. The van der Waals surface area contributed by atoms with Crippen LogP contribution in [0.3, 0.4) is 0 Å². The van der Waals surface area contributed by atoms with E-state index in [1.807, 2.05) is 11.8 Å². The van der Waals surface area contributed by atoms with E-state index in [4.69, 9.17) is 0 Å². The predicted molar refractivity (Wildman–Crippen MR) is 96.3 cm³/mol. The monoisotopic (exact) mass is 370 g/mol. The summed E-state index contributed by atoms with van der Waals surface area (Å²) in [5.41, 5.74) is 0.533. The number of nitrogens with one attached hydrogen (secondary N) is 3. The second kappa shape index (κ2) is 8.49.